The van der Waals surface area contributed by atoms with E-state index in [4.69, 9.17) is 4.74 Å². The fourth-order valence-corrected chi connectivity index (χ4v) is 2.85. The van der Waals surface area contributed by atoms with E-state index < -0.39 is 22.1 Å². The van der Waals surface area contributed by atoms with Crippen LogP contribution in [0.1, 0.15) is 30.1 Å². The van der Waals surface area contributed by atoms with Gasteiger partial charge in [0.15, 0.2) is 6.10 Å². The van der Waals surface area contributed by atoms with E-state index >= 15 is 0 Å². The predicted octanol–water partition coefficient (Wildman–Crippen LogP) is 0.975. The molecule has 0 spiro atoms. The van der Waals surface area contributed by atoms with Gasteiger partial charge >= 0.3 is 5.97 Å². The summed E-state index contributed by atoms with van der Waals surface area (Å²) in [6, 6.07) is 5.48. The third-order valence-corrected chi connectivity index (χ3v) is 4.83. The molecule has 2 N–H and O–H groups in total. The molecule has 2 rings (SSSR count). The van der Waals surface area contributed by atoms with Crippen molar-refractivity contribution in [2.24, 2.45) is 0 Å². The Morgan fingerprint density at radius 2 is 1.96 bits per heavy atom. The van der Waals surface area contributed by atoms with Gasteiger partial charge in [0.25, 0.3) is 5.91 Å². The molecule has 24 heavy (non-hydrogen) atoms. The van der Waals surface area contributed by atoms with E-state index in [1.165, 1.54) is 37.3 Å². The van der Waals surface area contributed by atoms with Crippen LogP contribution >= 0.6 is 0 Å². The van der Waals surface area contributed by atoms with E-state index in [-0.39, 0.29) is 29.0 Å². The molecule has 0 aliphatic heterocycles. The van der Waals surface area contributed by atoms with Gasteiger partial charge < -0.3 is 10.1 Å². The molecule has 0 bridgehead atoms. The van der Waals surface area contributed by atoms with Crippen molar-refractivity contribution in [1.29, 1.82) is 0 Å². The third kappa shape index (κ3) is 4.90. The highest BCUT2D eigenvalue weighted by Gasteiger charge is 2.27. The summed E-state index contributed by atoms with van der Waals surface area (Å²) >= 11 is 0. The third-order valence-electron chi connectivity index (χ3n) is 3.39. The molecular formula is C16H20N2O5S. The lowest BCUT2D eigenvalue weighted by atomic mass is 10.2. The number of rotatable bonds is 8. The van der Waals surface area contributed by atoms with Crippen LogP contribution in [-0.2, 0) is 19.6 Å². The first kappa shape index (κ1) is 18.2. The topological polar surface area (TPSA) is 102 Å². The molecule has 8 heteroatoms. The van der Waals surface area contributed by atoms with Gasteiger partial charge in [0.2, 0.25) is 10.0 Å². The quantitative estimate of drug-likeness (QED) is 0.536. The molecule has 1 saturated carbocycles. The number of carbonyl (C=O) groups excluding carboxylic acids is 2. The number of nitrogens with one attached hydrogen (secondary N) is 2. The molecule has 7 nitrogen and oxygen atoms in total. The Morgan fingerprint density at radius 3 is 2.50 bits per heavy atom. The van der Waals surface area contributed by atoms with Crippen molar-refractivity contribution in [2.45, 2.75) is 36.8 Å². The maximum absolute atomic E-state index is 12.0. The molecule has 1 aliphatic rings. The second kappa shape index (κ2) is 7.59. The summed E-state index contributed by atoms with van der Waals surface area (Å²) in [6.07, 6.45) is 2.41. The van der Waals surface area contributed by atoms with Crippen LogP contribution in [0.2, 0.25) is 0 Å². The number of esters is 1. The molecule has 1 atom stereocenters. The van der Waals surface area contributed by atoms with Crippen LogP contribution in [0, 0.1) is 0 Å². The normalized spacial score (nSPS) is 15.4. The minimum atomic E-state index is -3.65. The minimum absolute atomic E-state index is 0.0282. The van der Waals surface area contributed by atoms with Gasteiger partial charge in [-0.3, -0.25) is 4.79 Å². The first-order valence-corrected chi connectivity index (χ1v) is 9.04. The fourth-order valence-electron chi connectivity index (χ4n) is 1.85. The monoisotopic (exact) mass is 352 g/mol. The number of hydrogen-bond acceptors (Lipinski definition) is 5. The number of sulfonamides is 1. The van der Waals surface area contributed by atoms with Crippen molar-refractivity contribution in [3.8, 4) is 0 Å². The van der Waals surface area contributed by atoms with Gasteiger partial charge in [-0.25, -0.2) is 17.9 Å². The molecule has 1 fully saturated rings. The van der Waals surface area contributed by atoms with E-state index in [1.54, 1.807) is 0 Å². The summed E-state index contributed by atoms with van der Waals surface area (Å²) in [7, 11) is -3.65. The second-order valence-electron chi connectivity index (χ2n) is 5.50. The molecule has 1 aliphatic carbocycles. The van der Waals surface area contributed by atoms with Crippen molar-refractivity contribution in [3.63, 3.8) is 0 Å². The van der Waals surface area contributed by atoms with E-state index in [1.807, 2.05) is 0 Å². The van der Waals surface area contributed by atoms with Crippen molar-refractivity contribution in [1.82, 2.24) is 10.0 Å². The van der Waals surface area contributed by atoms with Crippen LogP contribution in [0.5, 0.6) is 0 Å². The summed E-state index contributed by atoms with van der Waals surface area (Å²) in [5.41, 5.74) is 0.170. The van der Waals surface area contributed by atoms with Crippen LogP contribution in [0.3, 0.4) is 0 Å². The standard InChI is InChI=1S/C16H20N2O5S/c1-3-10-17-24(21,22)14-8-4-12(5-9-14)16(20)23-11(2)15(19)18-13-6-7-13/h3-5,8-9,11,13,17H,1,6-7,10H2,2H3,(H,18,19). The number of benzene rings is 1. The van der Waals surface area contributed by atoms with Gasteiger partial charge in [-0.15, -0.1) is 6.58 Å². The van der Waals surface area contributed by atoms with Gasteiger partial charge in [0.1, 0.15) is 0 Å². The molecule has 0 aromatic heterocycles. The molecule has 1 amide bonds. The molecule has 0 saturated heterocycles. The lowest BCUT2D eigenvalue weighted by Gasteiger charge is -2.13. The van der Waals surface area contributed by atoms with E-state index in [2.05, 4.69) is 16.6 Å². The molecule has 0 radical (unpaired) electrons. The molecule has 1 aromatic carbocycles. The zero-order valence-corrected chi connectivity index (χ0v) is 14.1. The van der Waals surface area contributed by atoms with Crippen LogP contribution in [-0.4, -0.2) is 39.0 Å². The van der Waals surface area contributed by atoms with Gasteiger partial charge in [-0.1, -0.05) is 6.08 Å². The summed E-state index contributed by atoms with van der Waals surface area (Å²) in [5, 5.41) is 2.75. The van der Waals surface area contributed by atoms with E-state index in [0.717, 1.165) is 12.8 Å². The van der Waals surface area contributed by atoms with Crippen molar-refractivity contribution in [2.75, 3.05) is 6.54 Å². The lowest BCUT2D eigenvalue weighted by Crippen LogP contribution is -2.37. The summed E-state index contributed by atoms with van der Waals surface area (Å²) in [4.78, 5) is 23.8. The maximum atomic E-state index is 12.0. The Hall–Kier alpha value is -2.19. The Balaban J connectivity index is 1.97. The van der Waals surface area contributed by atoms with E-state index in [9.17, 15) is 18.0 Å². The van der Waals surface area contributed by atoms with Crippen molar-refractivity contribution >= 4 is 21.9 Å². The van der Waals surface area contributed by atoms with Gasteiger partial charge in [-0.2, -0.15) is 0 Å². The highest BCUT2D eigenvalue weighted by molar-refractivity contribution is 7.89. The zero-order valence-electron chi connectivity index (χ0n) is 13.3. The van der Waals surface area contributed by atoms with Crippen LogP contribution in [0.25, 0.3) is 0 Å². The Morgan fingerprint density at radius 1 is 1.33 bits per heavy atom. The van der Waals surface area contributed by atoms with Crippen molar-refractivity contribution in [3.05, 3.63) is 42.5 Å². The second-order valence-corrected chi connectivity index (χ2v) is 7.26. The number of amides is 1. The first-order valence-electron chi connectivity index (χ1n) is 7.55. The smallest absolute Gasteiger partial charge is 0.338 e. The summed E-state index contributed by atoms with van der Waals surface area (Å²) < 4.78 is 31.3. The van der Waals surface area contributed by atoms with Gasteiger partial charge in [0.05, 0.1) is 10.5 Å². The van der Waals surface area contributed by atoms with Gasteiger partial charge in [0, 0.05) is 12.6 Å². The molecule has 1 unspecified atom stereocenters. The zero-order chi connectivity index (χ0) is 17.7. The Labute approximate surface area is 141 Å². The fraction of sp³-hybridized carbons (Fsp3) is 0.375. The molecule has 130 valence electrons. The number of ether oxygens (including phenoxy) is 1. The highest BCUT2D eigenvalue weighted by atomic mass is 32.2. The predicted molar refractivity (Wildman–Crippen MR) is 87.9 cm³/mol. The lowest BCUT2D eigenvalue weighted by molar-refractivity contribution is -0.129. The minimum Gasteiger partial charge on any atom is -0.449 e. The SMILES string of the molecule is C=CCNS(=O)(=O)c1ccc(C(=O)OC(C)C(=O)NC2CC2)cc1. The first-order chi connectivity index (χ1) is 11.3. The molecule has 0 heterocycles. The average Bonchev–Trinajstić information content (AvgIpc) is 3.37. The van der Waals surface area contributed by atoms with E-state index in [0.29, 0.717) is 0 Å². The largest absolute Gasteiger partial charge is 0.449 e. The Kier molecular flexibility index (Phi) is 5.74. The summed E-state index contributed by atoms with van der Waals surface area (Å²) in [6.45, 7) is 5.04. The van der Waals surface area contributed by atoms with Gasteiger partial charge in [-0.05, 0) is 44.0 Å². The summed E-state index contributed by atoms with van der Waals surface area (Å²) in [5.74, 6) is -1.02. The average molecular weight is 352 g/mol. The molecular weight excluding hydrogens is 332 g/mol. The van der Waals surface area contributed by atoms with Crippen molar-refractivity contribution < 1.29 is 22.7 Å². The number of hydrogen-bond donors (Lipinski definition) is 2. The Bertz CT molecular complexity index is 723. The van der Waals surface area contributed by atoms with Crippen LogP contribution in [0.4, 0.5) is 0 Å². The van der Waals surface area contributed by atoms with Crippen LogP contribution < -0.4 is 10.0 Å². The molecule has 1 aromatic rings. The number of carbonyl (C=O) groups is 2. The highest BCUT2D eigenvalue weighted by Crippen LogP contribution is 2.19. The van der Waals surface area contributed by atoms with Crippen LogP contribution in [0.15, 0.2) is 41.8 Å². The maximum Gasteiger partial charge on any atom is 0.338 e.